The highest BCUT2D eigenvalue weighted by atomic mass is 32.2. The molecule has 0 saturated carbocycles. The van der Waals surface area contributed by atoms with Gasteiger partial charge in [-0.2, -0.15) is 0 Å². The molecule has 1 aromatic heterocycles. The zero-order chi connectivity index (χ0) is 22.6. The molecule has 7 nitrogen and oxygen atoms in total. The van der Waals surface area contributed by atoms with Crippen LogP contribution in [0.5, 0.6) is 0 Å². The first-order valence-corrected chi connectivity index (χ1v) is 11.3. The van der Waals surface area contributed by atoms with E-state index in [-0.39, 0.29) is 22.4 Å². The molecule has 0 fully saturated rings. The summed E-state index contributed by atoms with van der Waals surface area (Å²) < 4.78 is 33.9. The number of nitrogens with one attached hydrogen (secondary N) is 2. The minimum absolute atomic E-state index is 0.0657. The molecule has 0 unspecified atom stereocenters. The van der Waals surface area contributed by atoms with Crippen LogP contribution < -0.4 is 10.0 Å². The Balaban J connectivity index is 1.78. The van der Waals surface area contributed by atoms with Gasteiger partial charge < -0.3 is 9.73 Å². The van der Waals surface area contributed by atoms with Crippen LogP contribution in [0.3, 0.4) is 0 Å². The van der Waals surface area contributed by atoms with E-state index in [9.17, 15) is 13.2 Å². The lowest BCUT2D eigenvalue weighted by Crippen LogP contribution is -2.34. The van der Waals surface area contributed by atoms with Crippen molar-refractivity contribution in [3.05, 3.63) is 83.3 Å². The Bertz CT molecular complexity index is 1140. The molecule has 8 heteroatoms. The summed E-state index contributed by atoms with van der Waals surface area (Å²) in [5, 5.41) is 2.87. The van der Waals surface area contributed by atoms with Crippen LogP contribution in [-0.2, 0) is 10.0 Å². The zero-order valence-electron chi connectivity index (χ0n) is 18.0. The summed E-state index contributed by atoms with van der Waals surface area (Å²) in [6, 6.07) is 15.2. The summed E-state index contributed by atoms with van der Waals surface area (Å²) in [5.74, 6) is 0.380. The van der Waals surface area contributed by atoms with Crippen molar-refractivity contribution in [1.29, 1.82) is 0 Å². The Morgan fingerprint density at radius 2 is 1.77 bits per heavy atom. The van der Waals surface area contributed by atoms with Crippen LogP contribution in [0.2, 0.25) is 0 Å². The molecule has 1 amide bonds. The van der Waals surface area contributed by atoms with Crippen LogP contribution in [0, 0.1) is 13.8 Å². The van der Waals surface area contributed by atoms with Crippen molar-refractivity contribution in [2.75, 3.05) is 25.4 Å². The summed E-state index contributed by atoms with van der Waals surface area (Å²) in [6.07, 6.45) is 1.59. The standard InChI is InChI=1S/C23H27N3O4S/c1-16-7-11-19(12-8-16)25-31(28,29)22-14-18(10-9-17(22)2)23(27)24-15-20(26(3)4)21-6-5-13-30-21/h5-14,20,25H,15H2,1-4H3,(H,24,27)/t20-/m0/s1. The maximum Gasteiger partial charge on any atom is 0.262 e. The van der Waals surface area contributed by atoms with Crippen LogP contribution in [0.15, 0.2) is 70.2 Å². The SMILES string of the molecule is Cc1ccc(NS(=O)(=O)c2cc(C(=O)NC[C@@H](c3ccco3)N(C)C)ccc2C)cc1. The molecular formula is C23H27N3O4S. The molecule has 0 aliphatic carbocycles. The minimum atomic E-state index is -3.85. The predicted octanol–water partition coefficient (Wildman–Crippen LogP) is 3.73. The Hall–Kier alpha value is -3.10. The largest absolute Gasteiger partial charge is 0.468 e. The van der Waals surface area contributed by atoms with E-state index < -0.39 is 10.0 Å². The molecule has 0 bridgehead atoms. The molecule has 3 aromatic rings. The average molecular weight is 442 g/mol. The number of benzene rings is 2. The van der Waals surface area contributed by atoms with Crippen molar-refractivity contribution in [2.24, 2.45) is 0 Å². The van der Waals surface area contributed by atoms with Crippen LogP contribution in [-0.4, -0.2) is 39.9 Å². The molecule has 1 heterocycles. The summed E-state index contributed by atoms with van der Waals surface area (Å²) in [5.41, 5.74) is 2.32. The Morgan fingerprint density at radius 1 is 1.06 bits per heavy atom. The first kappa shape index (κ1) is 22.6. The van der Waals surface area contributed by atoms with Crippen LogP contribution in [0.1, 0.15) is 33.3 Å². The molecule has 0 aliphatic rings. The third-order valence-corrected chi connectivity index (χ3v) is 6.52. The minimum Gasteiger partial charge on any atom is -0.468 e. The summed E-state index contributed by atoms with van der Waals surface area (Å²) in [6.45, 7) is 3.94. The van der Waals surface area contributed by atoms with E-state index in [1.165, 1.54) is 6.07 Å². The van der Waals surface area contributed by atoms with E-state index >= 15 is 0 Å². The number of likely N-dealkylation sites (N-methyl/N-ethyl adjacent to an activating group) is 1. The number of carbonyl (C=O) groups is 1. The van der Waals surface area contributed by atoms with Gasteiger partial charge in [0.2, 0.25) is 0 Å². The van der Waals surface area contributed by atoms with E-state index in [0.717, 1.165) is 11.3 Å². The van der Waals surface area contributed by atoms with Crippen LogP contribution in [0.4, 0.5) is 5.69 Å². The lowest BCUT2D eigenvalue weighted by atomic mass is 10.1. The van der Waals surface area contributed by atoms with E-state index in [1.54, 1.807) is 43.5 Å². The molecule has 1 atom stereocenters. The third-order valence-electron chi connectivity index (χ3n) is 4.99. The van der Waals surface area contributed by atoms with Gasteiger partial charge in [-0.15, -0.1) is 0 Å². The smallest absolute Gasteiger partial charge is 0.262 e. The normalized spacial score (nSPS) is 12.5. The van der Waals surface area contributed by atoms with Gasteiger partial charge in [-0.05, 0) is 69.9 Å². The number of anilines is 1. The molecule has 2 N–H and O–H groups in total. The molecule has 0 radical (unpaired) electrons. The average Bonchev–Trinajstić information content (AvgIpc) is 3.24. The molecule has 2 aromatic carbocycles. The molecular weight excluding hydrogens is 414 g/mol. The Labute approximate surface area is 183 Å². The summed E-state index contributed by atoms with van der Waals surface area (Å²) >= 11 is 0. The fraction of sp³-hybridized carbons (Fsp3) is 0.261. The molecule has 0 aliphatic heterocycles. The lowest BCUT2D eigenvalue weighted by molar-refractivity contribution is 0.0939. The van der Waals surface area contributed by atoms with E-state index in [2.05, 4.69) is 10.0 Å². The second-order valence-electron chi connectivity index (χ2n) is 7.66. The number of carbonyl (C=O) groups excluding carboxylic acids is 1. The van der Waals surface area contributed by atoms with Crippen molar-refractivity contribution < 1.29 is 17.6 Å². The van der Waals surface area contributed by atoms with Gasteiger partial charge in [0.25, 0.3) is 15.9 Å². The molecule has 31 heavy (non-hydrogen) atoms. The van der Waals surface area contributed by atoms with Crippen molar-refractivity contribution in [3.63, 3.8) is 0 Å². The highest BCUT2D eigenvalue weighted by molar-refractivity contribution is 7.92. The number of furan rings is 1. The van der Waals surface area contributed by atoms with E-state index in [0.29, 0.717) is 17.8 Å². The first-order valence-electron chi connectivity index (χ1n) is 9.85. The van der Waals surface area contributed by atoms with E-state index in [1.807, 2.05) is 44.1 Å². The monoisotopic (exact) mass is 441 g/mol. The number of amides is 1. The van der Waals surface area contributed by atoms with Gasteiger partial charge in [0.1, 0.15) is 5.76 Å². The molecule has 164 valence electrons. The highest BCUT2D eigenvalue weighted by Gasteiger charge is 2.21. The predicted molar refractivity (Wildman–Crippen MR) is 121 cm³/mol. The van der Waals surface area contributed by atoms with Gasteiger partial charge in [0, 0.05) is 17.8 Å². The van der Waals surface area contributed by atoms with Gasteiger partial charge in [-0.1, -0.05) is 23.8 Å². The van der Waals surface area contributed by atoms with Crippen molar-refractivity contribution in [1.82, 2.24) is 10.2 Å². The fourth-order valence-corrected chi connectivity index (χ4v) is 4.50. The number of hydrogen-bond acceptors (Lipinski definition) is 5. The van der Waals surface area contributed by atoms with E-state index in [4.69, 9.17) is 4.42 Å². The number of aryl methyl sites for hydroxylation is 2. The first-order chi connectivity index (χ1) is 14.7. The number of hydrogen-bond donors (Lipinski definition) is 2. The quantitative estimate of drug-likeness (QED) is 0.556. The summed E-state index contributed by atoms with van der Waals surface area (Å²) in [7, 11) is -0.0553. The lowest BCUT2D eigenvalue weighted by Gasteiger charge is -2.22. The van der Waals surface area contributed by atoms with Gasteiger partial charge in [0.05, 0.1) is 17.2 Å². The second kappa shape index (κ2) is 9.36. The maximum absolute atomic E-state index is 12.9. The molecule has 0 spiro atoms. The van der Waals surface area contributed by atoms with Gasteiger partial charge in [-0.3, -0.25) is 14.4 Å². The van der Waals surface area contributed by atoms with Gasteiger partial charge in [-0.25, -0.2) is 8.42 Å². The Morgan fingerprint density at radius 3 is 2.39 bits per heavy atom. The Kier molecular flexibility index (Phi) is 6.82. The van der Waals surface area contributed by atoms with Gasteiger partial charge in [0.15, 0.2) is 0 Å². The second-order valence-corrected chi connectivity index (χ2v) is 9.31. The topological polar surface area (TPSA) is 91.6 Å². The van der Waals surface area contributed by atoms with Crippen molar-refractivity contribution >= 4 is 21.6 Å². The number of rotatable bonds is 8. The van der Waals surface area contributed by atoms with Crippen molar-refractivity contribution in [2.45, 2.75) is 24.8 Å². The van der Waals surface area contributed by atoms with Crippen molar-refractivity contribution in [3.8, 4) is 0 Å². The van der Waals surface area contributed by atoms with Crippen LogP contribution in [0.25, 0.3) is 0 Å². The number of nitrogens with zero attached hydrogens (tertiary/aromatic N) is 1. The highest BCUT2D eigenvalue weighted by Crippen LogP contribution is 2.22. The summed E-state index contributed by atoms with van der Waals surface area (Å²) in [4.78, 5) is 14.8. The number of sulfonamides is 1. The fourth-order valence-electron chi connectivity index (χ4n) is 3.17. The molecule has 3 rings (SSSR count). The zero-order valence-corrected chi connectivity index (χ0v) is 18.9. The van der Waals surface area contributed by atoms with Crippen LogP contribution >= 0.6 is 0 Å². The van der Waals surface area contributed by atoms with Gasteiger partial charge >= 0.3 is 0 Å². The molecule has 0 saturated heterocycles. The maximum atomic E-state index is 12.9. The third kappa shape index (κ3) is 5.53.